The lowest BCUT2D eigenvalue weighted by Crippen LogP contribution is -2.05. The summed E-state index contributed by atoms with van der Waals surface area (Å²) >= 11 is 0. The molecule has 0 unspecified atom stereocenters. The highest BCUT2D eigenvalue weighted by Gasteiger charge is 2.32. The van der Waals surface area contributed by atoms with E-state index in [1.165, 1.54) is 0 Å². The lowest BCUT2D eigenvalue weighted by Gasteiger charge is -2.01. The summed E-state index contributed by atoms with van der Waals surface area (Å²) in [5.74, 6) is 0. The Morgan fingerprint density at radius 3 is 2.69 bits per heavy atom. The predicted molar refractivity (Wildman–Crippen MR) is 56.1 cm³/mol. The molecule has 2 rings (SSSR count). The van der Waals surface area contributed by atoms with Gasteiger partial charge < -0.3 is 10.3 Å². The van der Waals surface area contributed by atoms with Crippen molar-refractivity contribution in [1.82, 2.24) is 10.3 Å². The van der Waals surface area contributed by atoms with Crippen LogP contribution < -0.4 is 5.32 Å². The number of hydrogen-bond acceptors (Lipinski definition) is 1. The molecule has 2 nitrogen and oxygen atoms in total. The van der Waals surface area contributed by atoms with E-state index in [0.717, 1.165) is 11.6 Å². The summed E-state index contributed by atoms with van der Waals surface area (Å²) in [4.78, 5) is 2.38. The van der Waals surface area contributed by atoms with Crippen LogP contribution >= 0.6 is 0 Å². The van der Waals surface area contributed by atoms with Crippen LogP contribution in [0.2, 0.25) is 0 Å². The van der Waals surface area contributed by atoms with E-state index < -0.39 is 11.9 Å². The standard InChI is InChI=1S/C11H11F3N2/c1-15-6-7-3-2-4-9-8(7)5-10(16-9)11(12,13)14/h2-5,15-16H,6H2,1H3. The highest BCUT2D eigenvalue weighted by atomic mass is 19.4. The van der Waals surface area contributed by atoms with Crippen LogP contribution in [0.25, 0.3) is 10.9 Å². The summed E-state index contributed by atoms with van der Waals surface area (Å²) in [7, 11) is 1.76. The van der Waals surface area contributed by atoms with E-state index in [1.807, 2.05) is 6.07 Å². The Hall–Kier alpha value is -1.49. The second-order valence-electron chi connectivity index (χ2n) is 3.59. The zero-order chi connectivity index (χ0) is 11.8. The van der Waals surface area contributed by atoms with E-state index >= 15 is 0 Å². The minimum atomic E-state index is -4.32. The van der Waals surface area contributed by atoms with Gasteiger partial charge in [0.25, 0.3) is 0 Å². The van der Waals surface area contributed by atoms with E-state index in [2.05, 4.69) is 10.3 Å². The molecule has 0 aliphatic carbocycles. The van der Waals surface area contributed by atoms with Crippen LogP contribution in [0.5, 0.6) is 0 Å². The van der Waals surface area contributed by atoms with Crippen LogP contribution in [0, 0.1) is 0 Å². The van der Waals surface area contributed by atoms with Crippen LogP contribution in [0.15, 0.2) is 24.3 Å². The quantitative estimate of drug-likeness (QED) is 0.812. The van der Waals surface area contributed by atoms with Crippen molar-refractivity contribution in [3.05, 3.63) is 35.5 Å². The summed E-state index contributed by atoms with van der Waals surface area (Å²) in [5, 5.41) is 3.54. The molecule has 0 spiro atoms. The maximum Gasteiger partial charge on any atom is 0.431 e. The van der Waals surface area contributed by atoms with Crippen molar-refractivity contribution in [2.24, 2.45) is 0 Å². The van der Waals surface area contributed by atoms with Crippen molar-refractivity contribution < 1.29 is 13.2 Å². The Labute approximate surface area is 90.5 Å². The number of H-pyrrole nitrogens is 1. The number of alkyl halides is 3. The van der Waals surface area contributed by atoms with Crippen LogP contribution in [0.3, 0.4) is 0 Å². The van der Waals surface area contributed by atoms with E-state index in [9.17, 15) is 13.2 Å². The predicted octanol–water partition coefficient (Wildman–Crippen LogP) is 2.91. The van der Waals surface area contributed by atoms with Crippen molar-refractivity contribution in [3.8, 4) is 0 Å². The highest BCUT2D eigenvalue weighted by molar-refractivity contribution is 5.84. The van der Waals surface area contributed by atoms with Gasteiger partial charge in [0.1, 0.15) is 5.69 Å². The molecule has 2 N–H and O–H groups in total. The minimum absolute atomic E-state index is 0.514. The fraction of sp³-hybridized carbons (Fsp3) is 0.273. The topological polar surface area (TPSA) is 27.8 Å². The van der Waals surface area contributed by atoms with Gasteiger partial charge in [-0.1, -0.05) is 12.1 Å². The van der Waals surface area contributed by atoms with Crippen LogP contribution in [-0.4, -0.2) is 12.0 Å². The van der Waals surface area contributed by atoms with E-state index in [-0.39, 0.29) is 0 Å². The average Bonchev–Trinajstić information content (AvgIpc) is 2.62. The SMILES string of the molecule is CNCc1cccc2[nH]c(C(F)(F)F)cc12. The monoisotopic (exact) mass is 228 g/mol. The van der Waals surface area contributed by atoms with Gasteiger partial charge in [0.05, 0.1) is 0 Å². The summed E-state index contributed by atoms with van der Waals surface area (Å²) in [5.41, 5.74) is 0.665. The molecule has 86 valence electrons. The van der Waals surface area contributed by atoms with Crippen LogP contribution in [0.4, 0.5) is 13.2 Å². The number of fused-ring (bicyclic) bond motifs is 1. The number of hydrogen-bond donors (Lipinski definition) is 2. The molecule has 0 radical (unpaired) electrons. The van der Waals surface area contributed by atoms with Gasteiger partial charge >= 0.3 is 6.18 Å². The van der Waals surface area contributed by atoms with Crippen molar-refractivity contribution in [2.45, 2.75) is 12.7 Å². The molecule has 1 aromatic carbocycles. The summed E-state index contributed by atoms with van der Waals surface area (Å²) in [6, 6.07) is 6.35. The highest BCUT2D eigenvalue weighted by Crippen LogP contribution is 2.32. The van der Waals surface area contributed by atoms with Gasteiger partial charge in [-0.3, -0.25) is 0 Å². The molecule has 0 saturated carbocycles. The van der Waals surface area contributed by atoms with Gasteiger partial charge in [-0.15, -0.1) is 0 Å². The largest absolute Gasteiger partial charge is 0.431 e. The van der Waals surface area contributed by atoms with Crippen molar-refractivity contribution in [1.29, 1.82) is 0 Å². The first-order valence-electron chi connectivity index (χ1n) is 4.85. The molecular formula is C11H11F3N2. The van der Waals surface area contributed by atoms with Gasteiger partial charge in [-0.05, 0) is 24.7 Å². The number of nitrogens with one attached hydrogen (secondary N) is 2. The average molecular weight is 228 g/mol. The van der Waals surface area contributed by atoms with Gasteiger partial charge in [0.15, 0.2) is 0 Å². The maximum atomic E-state index is 12.5. The molecule has 0 fully saturated rings. The number of halogens is 3. The fourth-order valence-electron chi connectivity index (χ4n) is 1.72. The first-order chi connectivity index (χ1) is 7.52. The van der Waals surface area contributed by atoms with E-state index in [4.69, 9.17) is 0 Å². The Kier molecular flexibility index (Phi) is 2.63. The Morgan fingerprint density at radius 2 is 2.06 bits per heavy atom. The third kappa shape index (κ3) is 1.90. The minimum Gasteiger partial charge on any atom is -0.351 e. The molecular weight excluding hydrogens is 217 g/mol. The second-order valence-corrected chi connectivity index (χ2v) is 3.59. The number of rotatable bonds is 2. The van der Waals surface area contributed by atoms with Crippen LogP contribution in [-0.2, 0) is 12.7 Å². The Morgan fingerprint density at radius 1 is 1.31 bits per heavy atom. The first-order valence-corrected chi connectivity index (χ1v) is 4.85. The lowest BCUT2D eigenvalue weighted by molar-refractivity contribution is -0.140. The first kappa shape index (κ1) is 11.0. The van der Waals surface area contributed by atoms with Gasteiger partial charge in [0.2, 0.25) is 0 Å². The third-order valence-corrected chi connectivity index (χ3v) is 2.43. The summed E-state index contributed by atoms with van der Waals surface area (Å²) in [6.07, 6.45) is -4.32. The molecule has 0 aliphatic rings. The van der Waals surface area contributed by atoms with Gasteiger partial charge in [0, 0.05) is 17.4 Å². The molecule has 0 bridgehead atoms. The Balaban J connectivity index is 2.57. The van der Waals surface area contributed by atoms with E-state index in [1.54, 1.807) is 19.2 Å². The van der Waals surface area contributed by atoms with Crippen molar-refractivity contribution >= 4 is 10.9 Å². The lowest BCUT2D eigenvalue weighted by atomic mass is 10.1. The molecule has 1 heterocycles. The molecule has 0 atom stereocenters. The molecule has 0 saturated heterocycles. The number of aromatic amines is 1. The zero-order valence-electron chi connectivity index (χ0n) is 8.65. The molecule has 0 amide bonds. The normalized spacial score (nSPS) is 12.2. The molecule has 2 aromatic rings. The molecule has 0 aliphatic heterocycles. The van der Waals surface area contributed by atoms with Crippen LogP contribution in [0.1, 0.15) is 11.3 Å². The summed E-state index contributed by atoms with van der Waals surface area (Å²) in [6.45, 7) is 0.548. The third-order valence-electron chi connectivity index (χ3n) is 2.43. The molecule has 16 heavy (non-hydrogen) atoms. The van der Waals surface area contributed by atoms with E-state index in [0.29, 0.717) is 17.4 Å². The number of benzene rings is 1. The Bertz CT molecular complexity index is 499. The van der Waals surface area contributed by atoms with Crippen molar-refractivity contribution in [2.75, 3.05) is 7.05 Å². The number of aromatic nitrogens is 1. The van der Waals surface area contributed by atoms with Crippen molar-refractivity contribution in [3.63, 3.8) is 0 Å². The van der Waals surface area contributed by atoms with Gasteiger partial charge in [-0.25, -0.2) is 0 Å². The zero-order valence-corrected chi connectivity index (χ0v) is 8.65. The molecule has 1 aromatic heterocycles. The van der Waals surface area contributed by atoms with Gasteiger partial charge in [-0.2, -0.15) is 13.2 Å². The fourth-order valence-corrected chi connectivity index (χ4v) is 1.72. The molecule has 5 heteroatoms. The smallest absolute Gasteiger partial charge is 0.351 e. The second kappa shape index (κ2) is 3.83. The summed E-state index contributed by atoms with van der Waals surface area (Å²) < 4.78 is 37.5. The maximum absolute atomic E-state index is 12.5.